The van der Waals surface area contributed by atoms with E-state index in [1.165, 1.54) is 5.56 Å². The first-order valence-corrected chi connectivity index (χ1v) is 7.36. The van der Waals surface area contributed by atoms with E-state index < -0.39 is 0 Å². The van der Waals surface area contributed by atoms with E-state index in [9.17, 15) is 0 Å². The number of aryl methyl sites for hydroxylation is 2. The molecule has 25 heavy (non-hydrogen) atoms. The predicted molar refractivity (Wildman–Crippen MR) is 99.0 cm³/mol. The van der Waals surface area contributed by atoms with Gasteiger partial charge in [-0.25, -0.2) is 9.25 Å². The van der Waals surface area contributed by atoms with Crippen molar-refractivity contribution in [3.8, 4) is 0 Å². The average molecular weight is 468 g/mol. The molecular weight excluding hydrogens is 448 g/mol. The Kier molecular flexibility index (Phi) is 7.92. The van der Waals surface area contributed by atoms with Crippen LogP contribution >= 0.6 is 17.0 Å². The molecule has 6 nitrogen and oxygen atoms in total. The van der Waals surface area contributed by atoms with Crippen LogP contribution in [-0.4, -0.2) is 9.78 Å². The molecule has 2 heterocycles. The van der Waals surface area contributed by atoms with Gasteiger partial charge < -0.3 is 22.7 Å². The van der Waals surface area contributed by atoms with Gasteiger partial charge in [-0.1, -0.05) is 17.7 Å². The van der Waals surface area contributed by atoms with Crippen molar-refractivity contribution >= 4 is 34.2 Å². The van der Waals surface area contributed by atoms with E-state index in [0.717, 1.165) is 11.3 Å². The van der Waals surface area contributed by atoms with Gasteiger partial charge >= 0.3 is 0 Å². The third-order valence-corrected chi connectivity index (χ3v) is 3.50. The van der Waals surface area contributed by atoms with Crippen LogP contribution in [0, 0.1) is 6.92 Å². The van der Waals surface area contributed by atoms with E-state index >= 15 is 0 Å². The number of halogens is 2. The fourth-order valence-corrected chi connectivity index (χ4v) is 2.23. The van der Waals surface area contributed by atoms with Crippen molar-refractivity contribution in [3.05, 3.63) is 66.1 Å². The van der Waals surface area contributed by atoms with Crippen LogP contribution in [-0.2, 0) is 13.6 Å². The topological polar surface area (TPSA) is 72.4 Å². The Morgan fingerprint density at radius 2 is 1.88 bits per heavy atom. The molecule has 2 N–H and O–H groups in total. The Morgan fingerprint density at radius 3 is 2.56 bits per heavy atom. The summed E-state index contributed by atoms with van der Waals surface area (Å²) in [7, 11) is 1.98. The van der Waals surface area contributed by atoms with Crippen LogP contribution in [0.1, 0.15) is 11.1 Å². The zero-order valence-corrected chi connectivity index (χ0v) is 17.3. The van der Waals surface area contributed by atoms with Crippen LogP contribution in [0.3, 0.4) is 0 Å². The van der Waals surface area contributed by atoms with Crippen LogP contribution in [0.15, 0.2) is 65.2 Å². The lowest BCUT2D eigenvalue weighted by Crippen LogP contribution is -3.00. The number of benzene rings is 1. The van der Waals surface area contributed by atoms with E-state index in [-0.39, 0.29) is 34.0 Å². The molecule has 1 aromatic carbocycles. The molecule has 0 saturated heterocycles. The SMILES string of the molecule is Br.Cc1ccc(/N=N/c2cnn(Cc3ccc[n+](C)c3)c2N)cc1.[Br-]. The molecule has 0 saturated carbocycles. The van der Waals surface area contributed by atoms with Crippen LogP contribution in [0.25, 0.3) is 0 Å². The van der Waals surface area contributed by atoms with Gasteiger partial charge in [0, 0.05) is 11.6 Å². The summed E-state index contributed by atoms with van der Waals surface area (Å²) in [6.45, 7) is 2.63. The molecule has 0 aliphatic heterocycles. The Labute approximate surface area is 167 Å². The molecule has 0 aliphatic carbocycles. The van der Waals surface area contributed by atoms with Gasteiger partial charge in [0.05, 0.1) is 18.4 Å². The lowest BCUT2D eigenvalue weighted by molar-refractivity contribution is -0.671. The summed E-state index contributed by atoms with van der Waals surface area (Å²) in [5, 5.41) is 12.7. The van der Waals surface area contributed by atoms with E-state index in [1.807, 2.05) is 67.3 Å². The molecule has 132 valence electrons. The number of hydrogen-bond donors (Lipinski definition) is 1. The molecule has 0 fully saturated rings. The van der Waals surface area contributed by atoms with Gasteiger partial charge in [0.2, 0.25) is 0 Å². The maximum absolute atomic E-state index is 6.12. The zero-order chi connectivity index (χ0) is 16.2. The second kappa shape index (κ2) is 9.43. The van der Waals surface area contributed by atoms with Crippen molar-refractivity contribution in [2.24, 2.45) is 17.3 Å². The third-order valence-electron chi connectivity index (χ3n) is 3.50. The third kappa shape index (κ3) is 5.47. The number of pyridine rings is 1. The highest BCUT2D eigenvalue weighted by Gasteiger charge is 2.08. The molecule has 2 aromatic heterocycles. The van der Waals surface area contributed by atoms with Gasteiger partial charge in [-0.05, 0) is 25.1 Å². The molecule has 0 radical (unpaired) electrons. The maximum Gasteiger partial charge on any atom is 0.173 e. The highest BCUT2D eigenvalue weighted by molar-refractivity contribution is 8.93. The van der Waals surface area contributed by atoms with Gasteiger partial charge in [0.1, 0.15) is 18.6 Å². The minimum atomic E-state index is 0. The van der Waals surface area contributed by atoms with Crippen molar-refractivity contribution in [3.63, 3.8) is 0 Å². The first-order chi connectivity index (χ1) is 11.1. The van der Waals surface area contributed by atoms with Gasteiger partial charge in [-0.15, -0.1) is 22.1 Å². The fraction of sp³-hybridized carbons (Fsp3) is 0.176. The van der Waals surface area contributed by atoms with Gasteiger partial charge in [-0.3, -0.25) is 0 Å². The number of nitrogens with two attached hydrogens (primary N) is 1. The number of hydrogen-bond acceptors (Lipinski definition) is 4. The molecule has 0 spiro atoms. The monoisotopic (exact) mass is 466 g/mol. The minimum Gasteiger partial charge on any atom is -1.00 e. The van der Waals surface area contributed by atoms with E-state index in [0.29, 0.717) is 18.1 Å². The summed E-state index contributed by atoms with van der Waals surface area (Å²) in [6, 6.07) is 11.9. The number of rotatable bonds is 4. The normalized spacial score (nSPS) is 10.3. The van der Waals surface area contributed by atoms with E-state index in [1.54, 1.807) is 10.9 Å². The Balaban J connectivity index is 0.00000156. The molecular formula is C17H20Br2N6. The summed E-state index contributed by atoms with van der Waals surface area (Å²) < 4.78 is 3.71. The summed E-state index contributed by atoms with van der Waals surface area (Å²) >= 11 is 0. The molecule has 8 heteroatoms. The number of nitrogens with zero attached hydrogens (tertiary/aromatic N) is 5. The fourth-order valence-electron chi connectivity index (χ4n) is 2.23. The van der Waals surface area contributed by atoms with Crippen LogP contribution in [0.5, 0.6) is 0 Å². The summed E-state index contributed by atoms with van der Waals surface area (Å²) in [5.74, 6) is 0.507. The summed E-state index contributed by atoms with van der Waals surface area (Å²) in [6.07, 6.45) is 5.65. The maximum atomic E-state index is 6.12. The quantitative estimate of drug-likeness (QED) is 0.451. The van der Waals surface area contributed by atoms with Crippen molar-refractivity contribution in [2.75, 3.05) is 5.73 Å². The molecule has 3 aromatic rings. The minimum absolute atomic E-state index is 0. The number of aromatic nitrogens is 3. The summed E-state index contributed by atoms with van der Waals surface area (Å²) in [5.41, 5.74) is 9.79. The molecule has 3 rings (SSSR count). The largest absolute Gasteiger partial charge is 1.00 e. The molecule has 0 amide bonds. The van der Waals surface area contributed by atoms with Gasteiger partial charge in [0.15, 0.2) is 12.4 Å². The standard InChI is InChI=1S/C17H19N6.2BrH/c1-13-5-7-15(8-6-13)20-21-16-10-19-23(17(16)18)12-14-4-3-9-22(2)11-14;;/h3-11H,12,18H2,1-2H3;2*1H/q+1;;/p-1/b21-20+;;. The molecule has 0 aliphatic rings. The van der Waals surface area contributed by atoms with Crippen molar-refractivity contribution in [2.45, 2.75) is 13.5 Å². The van der Waals surface area contributed by atoms with Crippen LogP contribution in [0.4, 0.5) is 17.2 Å². The number of anilines is 1. The van der Waals surface area contributed by atoms with Crippen molar-refractivity contribution in [1.29, 1.82) is 0 Å². The predicted octanol–water partition coefficient (Wildman–Crippen LogP) is 0.644. The second-order valence-electron chi connectivity index (χ2n) is 5.49. The molecule has 0 atom stereocenters. The van der Waals surface area contributed by atoms with E-state index in [2.05, 4.69) is 15.3 Å². The van der Waals surface area contributed by atoms with Gasteiger partial charge in [-0.2, -0.15) is 10.2 Å². The number of nitrogen functional groups attached to an aromatic ring is 1. The lowest BCUT2D eigenvalue weighted by Gasteiger charge is -2.03. The van der Waals surface area contributed by atoms with Crippen molar-refractivity contribution in [1.82, 2.24) is 9.78 Å². The van der Waals surface area contributed by atoms with E-state index in [4.69, 9.17) is 5.73 Å². The molecule has 0 unspecified atom stereocenters. The second-order valence-corrected chi connectivity index (χ2v) is 5.49. The summed E-state index contributed by atoms with van der Waals surface area (Å²) in [4.78, 5) is 0. The Bertz CT molecular complexity index is 843. The van der Waals surface area contributed by atoms with Crippen LogP contribution < -0.4 is 27.3 Å². The zero-order valence-electron chi connectivity index (χ0n) is 14.0. The smallest absolute Gasteiger partial charge is 0.173 e. The molecule has 0 bridgehead atoms. The lowest BCUT2D eigenvalue weighted by atomic mass is 10.2. The average Bonchev–Trinajstić information content (AvgIpc) is 2.87. The highest BCUT2D eigenvalue weighted by Crippen LogP contribution is 2.24. The highest BCUT2D eigenvalue weighted by atomic mass is 79.9. The van der Waals surface area contributed by atoms with Gasteiger partial charge in [0.25, 0.3) is 0 Å². The number of azo groups is 1. The van der Waals surface area contributed by atoms with Crippen molar-refractivity contribution < 1.29 is 21.5 Å². The Hall–Kier alpha value is -2.06. The van der Waals surface area contributed by atoms with Crippen LogP contribution in [0.2, 0.25) is 0 Å². The first-order valence-electron chi connectivity index (χ1n) is 7.36. The first kappa shape index (κ1) is 21.0. The Morgan fingerprint density at radius 1 is 1.16 bits per heavy atom.